The maximum Gasteiger partial charge on any atom is 0.173 e. The second kappa shape index (κ2) is 10.0. The zero-order valence-electron chi connectivity index (χ0n) is 15.9. The van der Waals surface area contributed by atoms with Crippen molar-refractivity contribution in [2.24, 2.45) is 0 Å². The number of hydrogen-bond acceptors (Lipinski definition) is 7. The Bertz CT molecular complexity index is 818. The summed E-state index contributed by atoms with van der Waals surface area (Å²) in [7, 11) is 0. The summed E-state index contributed by atoms with van der Waals surface area (Å²) < 4.78 is 11.7. The molecule has 1 saturated heterocycles. The van der Waals surface area contributed by atoms with Crippen LogP contribution in [0.25, 0.3) is 0 Å². The SMILES string of the molecule is CCOc1ccccc1Cc1cc(Cl)ccc1O[C@H]1S[C@@H](CO)[C@@H](O)[C@H](O)[C@H]1O. The van der Waals surface area contributed by atoms with Gasteiger partial charge in [0.1, 0.15) is 23.7 Å². The van der Waals surface area contributed by atoms with Crippen LogP contribution in [0.15, 0.2) is 42.5 Å². The van der Waals surface area contributed by atoms with Gasteiger partial charge >= 0.3 is 0 Å². The van der Waals surface area contributed by atoms with Crippen LogP contribution in [0, 0.1) is 0 Å². The van der Waals surface area contributed by atoms with Crippen molar-refractivity contribution in [2.75, 3.05) is 13.2 Å². The largest absolute Gasteiger partial charge is 0.494 e. The van der Waals surface area contributed by atoms with Crippen molar-refractivity contribution >= 4 is 23.4 Å². The minimum absolute atomic E-state index is 0.343. The van der Waals surface area contributed by atoms with Crippen LogP contribution in [-0.2, 0) is 6.42 Å². The molecule has 158 valence electrons. The Labute approximate surface area is 179 Å². The summed E-state index contributed by atoms with van der Waals surface area (Å²) in [5, 5.41) is 39.8. The third-order valence-electron chi connectivity index (χ3n) is 4.77. The van der Waals surface area contributed by atoms with Crippen LogP contribution in [0.5, 0.6) is 11.5 Å². The van der Waals surface area contributed by atoms with E-state index in [-0.39, 0.29) is 6.61 Å². The van der Waals surface area contributed by atoms with Crippen molar-refractivity contribution in [1.82, 2.24) is 0 Å². The highest BCUT2D eigenvalue weighted by Crippen LogP contribution is 2.36. The number of aliphatic hydroxyl groups excluding tert-OH is 4. The van der Waals surface area contributed by atoms with Crippen molar-refractivity contribution in [3.05, 3.63) is 58.6 Å². The van der Waals surface area contributed by atoms with Gasteiger partial charge in [-0.2, -0.15) is 0 Å². The van der Waals surface area contributed by atoms with Gasteiger partial charge in [0.05, 0.1) is 24.6 Å². The quantitative estimate of drug-likeness (QED) is 0.524. The van der Waals surface area contributed by atoms with Crippen LogP contribution in [0.2, 0.25) is 5.02 Å². The first-order valence-electron chi connectivity index (χ1n) is 9.41. The fraction of sp³-hybridized carbons (Fsp3) is 0.429. The van der Waals surface area contributed by atoms with Crippen molar-refractivity contribution < 1.29 is 29.9 Å². The minimum atomic E-state index is -1.41. The fourth-order valence-corrected chi connectivity index (χ4v) is 4.67. The molecule has 1 aliphatic rings. The number of para-hydroxylation sites is 1. The van der Waals surface area contributed by atoms with Gasteiger partial charge in [-0.05, 0) is 36.8 Å². The summed E-state index contributed by atoms with van der Waals surface area (Å²) in [5.41, 5.74) is 0.897. The second-order valence-corrected chi connectivity index (χ2v) is 8.56. The van der Waals surface area contributed by atoms with Gasteiger partial charge in [0.25, 0.3) is 0 Å². The van der Waals surface area contributed by atoms with E-state index in [1.165, 1.54) is 0 Å². The lowest BCUT2D eigenvalue weighted by Crippen LogP contribution is -2.55. The molecular weight excluding hydrogens is 416 g/mol. The van der Waals surface area contributed by atoms with Crippen molar-refractivity contribution in [3.63, 3.8) is 0 Å². The van der Waals surface area contributed by atoms with Crippen LogP contribution in [0.3, 0.4) is 0 Å². The lowest BCUT2D eigenvalue weighted by Gasteiger charge is -2.39. The fourth-order valence-electron chi connectivity index (χ4n) is 3.24. The Morgan fingerprint density at radius 2 is 1.72 bits per heavy atom. The molecule has 6 nitrogen and oxygen atoms in total. The molecule has 4 N–H and O–H groups in total. The van der Waals surface area contributed by atoms with Crippen LogP contribution in [0.4, 0.5) is 0 Å². The van der Waals surface area contributed by atoms with Gasteiger partial charge in [-0.3, -0.25) is 0 Å². The molecule has 0 radical (unpaired) electrons. The molecule has 0 unspecified atom stereocenters. The molecule has 1 aliphatic heterocycles. The Hall–Kier alpha value is -1.48. The average molecular weight is 441 g/mol. The second-order valence-electron chi connectivity index (χ2n) is 6.78. The van der Waals surface area contributed by atoms with E-state index >= 15 is 0 Å². The first-order chi connectivity index (χ1) is 13.9. The number of thioether (sulfide) groups is 1. The third-order valence-corrected chi connectivity index (χ3v) is 6.42. The molecule has 0 aromatic heterocycles. The van der Waals surface area contributed by atoms with Gasteiger partial charge in [-0.1, -0.05) is 29.8 Å². The average Bonchev–Trinajstić information content (AvgIpc) is 2.71. The maximum absolute atomic E-state index is 10.3. The van der Waals surface area contributed by atoms with E-state index in [0.29, 0.717) is 23.8 Å². The van der Waals surface area contributed by atoms with E-state index in [2.05, 4.69) is 0 Å². The normalized spacial score (nSPS) is 26.9. The molecule has 0 amide bonds. The van der Waals surface area contributed by atoms with Crippen LogP contribution >= 0.6 is 23.4 Å². The Balaban J connectivity index is 1.86. The molecule has 0 aliphatic carbocycles. The molecule has 2 aromatic rings. The Morgan fingerprint density at radius 3 is 2.45 bits per heavy atom. The molecule has 0 bridgehead atoms. The summed E-state index contributed by atoms with van der Waals surface area (Å²) in [5.74, 6) is 1.27. The molecule has 0 saturated carbocycles. The molecule has 8 heteroatoms. The van der Waals surface area contributed by atoms with E-state index in [4.69, 9.17) is 21.1 Å². The molecule has 1 fully saturated rings. The number of aliphatic hydroxyl groups is 4. The minimum Gasteiger partial charge on any atom is -0.494 e. The number of halogens is 1. The summed E-state index contributed by atoms with van der Waals surface area (Å²) in [6, 6.07) is 12.9. The number of benzene rings is 2. The third kappa shape index (κ3) is 5.17. The summed E-state index contributed by atoms with van der Waals surface area (Å²) >= 11 is 7.28. The molecule has 1 heterocycles. The predicted molar refractivity (Wildman–Crippen MR) is 113 cm³/mol. The van der Waals surface area contributed by atoms with Crippen molar-refractivity contribution in [2.45, 2.75) is 42.3 Å². The van der Waals surface area contributed by atoms with Crippen LogP contribution < -0.4 is 9.47 Å². The van der Waals surface area contributed by atoms with Crippen molar-refractivity contribution in [3.8, 4) is 11.5 Å². The first kappa shape index (κ1) is 22.2. The van der Waals surface area contributed by atoms with Gasteiger partial charge in [-0.25, -0.2) is 0 Å². The lowest BCUT2D eigenvalue weighted by molar-refractivity contribution is -0.0910. The zero-order chi connectivity index (χ0) is 21.0. The van der Waals surface area contributed by atoms with E-state index in [9.17, 15) is 20.4 Å². The molecule has 5 atom stereocenters. The number of ether oxygens (including phenoxy) is 2. The number of rotatable bonds is 7. The predicted octanol–water partition coefficient (Wildman–Crippen LogP) is 2.22. The molecular formula is C21H25ClO6S. The molecule has 29 heavy (non-hydrogen) atoms. The standard InChI is InChI=1S/C21H25ClO6S/c1-2-27-15-6-4-3-5-12(15)9-13-10-14(22)7-8-16(13)28-21-20(26)19(25)18(24)17(11-23)29-21/h3-8,10,17-21,23-26H,2,9,11H2,1H3/t17-,18+,19-,20+,21-/m0/s1. The van der Waals surface area contributed by atoms with E-state index in [1.807, 2.05) is 31.2 Å². The van der Waals surface area contributed by atoms with E-state index in [0.717, 1.165) is 28.6 Å². The zero-order valence-corrected chi connectivity index (χ0v) is 17.5. The Kier molecular flexibility index (Phi) is 7.67. The molecule has 3 rings (SSSR count). The highest BCUT2D eigenvalue weighted by molar-refractivity contribution is 8.00. The van der Waals surface area contributed by atoms with Gasteiger partial charge in [0.2, 0.25) is 0 Å². The molecule has 0 spiro atoms. The van der Waals surface area contributed by atoms with Gasteiger partial charge in [0, 0.05) is 17.0 Å². The van der Waals surface area contributed by atoms with E-state index in [1.54, 1.807) is 18.2 Å². The highest BCUT2D eigenvalue weighted by Gasteiger charge is 2.44. The molecule has 2 aromatic carbocycles. The van der Waals surface area contributed by atoms with Crippen molar-refractivity contribution in [1.29, 1.82) is 0 Å². The van der Waals surface area contributed by atoms with Gasteiger partial charge < -0.3 is 29.9 Å². The maximum atomic E-state index is 10.3. The topological polar surface area (TPSA) is 99.4 Å². The van der Waals surface area contributed by atoms with Gasteiger partial charge in [-0.15, -0.1) is 11.8 Å². The summed E-state index contributed by atoms with van der Waals surface area (Å²) in [4.78, 5) is 0. The first-order valence-corrected chi connectivity index (χ1v) is 10.7. The monoisotopic (exact) mass is 440 g/mol. The van der Waals surface area contributed by atoms with Crippen LogP contribution in [0.1, 0.15) is 18.1 Å². The van der Waals surface area contributed by atoms with Crippen LogP contribution in [-0.4, -0.2) is 62.6 Å². The van der Waals surface area contributed by atoms with E-state index < -0.39 is 29.0 Å². The Morgan fingerprint density at radius 1 is 0.966 bits per heavy atom. The summed E-state index contributed by atoms with van der Waals surface area (Å²) in [6.07, 6.45) is -3.46. The lowest BCUT2D eigenvalue weighted by atomic mass is 10.0. The number of hydrogen-bond donors (Lipinski definition) is 4. The smallest absolute Gasteiger partial charge is 0.173 e. The summed E-state index contributed by atoms with van der Waals surface area (Å²) in [6.45, 7) is 2.12. The van der Waals surface area contributed by atoms with Gasteiger partial charge in [0.15, 0.2) is 5.44 Å². The highest BCUT2D eigenvalue weighted by atomic mass is 35.5.